The van der Waals surface area contributed by atoms with Crippen LogP contribution < -0.4 is 15.5 Å². The molecule has 1 aliphatic rings. The van der Waals surface area contributed by atoms with Crippen LogP contribution in [0.2, 0.25) is 0 Å². The number of amides is 1. The number of hydrogen-bond acceptors (Lipinski definition) is 2. The van der Waals surface area contributed by atoms with Crippen molar-refractivity contribution in [2.24, 2.45) is 5.92 Å². The summed E-state index contributed by atoms with van der Waals surface area (Å²) in [4.78, 5) is 13.9. The van der Waals surface area contributed by atoms with Crippen molar-refractivity contribution in [3.05, 3.63) is 58.7 Å². The average molecular weight is 410 g/mol. The van der Waals surface area contributed by atoms with Gasteiger partial charge in [0.1, 0.15) is 0 Å². The molecule has 0 saturated carbocycles. The molecule has 0 spiro atoms. The predicted molar refractivity (Wildman–Crippen MR) is 126 cm³/mol. The molecule has 0 aliphatic carbocycles. The van der Waals surface area contributed by atoms with Crippen LogP contribution in [0.15, 0.2) is 36.4 Å². The van der Waals surface area contributed by atoms with E-state index in [2.05, 4.69) is 62.6 Å². The van der Waals surface area contributed by atoms with Gasteiger partial charge in [-0.15, -0.1) is 0 Å². The Morgan fingerprint density at radius 3 is 2.41 bits per heavy atom. The van der Waals surface area contributed by atoms with Gasteiger partial charge in [-0.2, -0.15) is 0 Å². The second-order valence-corrected chi connectivity index (χ2v) is 8.74. The van der Waals surface area contributed by atoms with Crippen molar-refractivity contribution in [3.63, 3.8) is 0 Å². The predicted octanol–water partition coefficient (Wildman–Crippen LogP) is 5.42. The quantitative estimate of drug-likeness (QED) is 0.647. The van der Waals surface area contributed by atoms with Gasteiger partial charge >= 0.3 is 0 Å². The van der Waals surface area contributed by atoms with Crippen LogP contribution >= 0.6 is 12.2 Å². The Bertz CT molecular complexity index is 922. The van der Waals surface area contributed by atoms with E-state index in [0.717, 1.165) is 29.9 Å². The van der Waals surface area contributed by atoms with Gasteiger partial charge in [-0.25, -0.2) is 0 Å². The molecule has 1 heterocycles. The fraction of sp³-hybridized carbons (Fsp3) is 0.417. The van der Waals surface area contributed by atoms with Crippen LogP contribution in [0, 0.1) is 26.7 Å². The zero-order valence-corrected chi connectivity index (χ0v) is 18.8. The minimum atomic E-state index is 0.137. The highest BCUT2D eigenvalue weighted by Gasteiger charge is 2.23. The minimum absolute atomic E-state index is 0.137. The summed E-state index contributed by atoms with van der Waals surface area (Å²) in [5, 5.41) is 7.41. The maximum atomic E-state index is 12.0. The van der Waals surface area contributed by atoms with Crippen LogP contribution in [-0.2, 0) is 4.79 Å². The van der Waals surface area contributed by atoms with E-state index >= 15 is 0 Å². The Labute approximate surface area is 179 Å². The topological polar surface area (TPSA) is 44.4 Å². The van der Waals surface area contributed by atoms with Gasteiger partial charge in [0.2, 0.25) is 5.91 Å². The highest BCUT2D eigenvalue weighted by Crippen LogP contribution is 2.28. The second-order valence-electron chi connectivity index (χ2n) is 8.33. The second kappa shape index (κ2) is 8.95. The van der Waals surface area contributed by atoms with Gasteiger partial charge in [-0.1, -0.05) is 37.6 Å². The van der Waals surface area contributed by atoms with E-state index in [4.69, 9.17) is 12.2 Å². The number of aryl methyl sites for hydroxylation is 3. The van der Waals surface area contributed by atoms with Gasteiger partial charge in [-0.3, -0.25) is 4.79 Å². The van der Waals surface area contributed by atoms with E-state index in [1.165, 1.54) is 16.7 Å². The lowest BCUT2D eigenvalue weighted by atomic mass is 9.92. The molecule has 29 heavy (non-hydrogen) atoms. The number of thiocarbonyl (C=S) groups is 1. The molecule has 0 bridgehead atoms. The molecule has 1 saturated heterocycles. The van der Waals surface area contributed by atoms with Crippen LogP contribution in [-0.4, -0.2) is 17.6 Å². The molecule has 0 aromatic heterocycles. The number of carbonyl (C=O) groups excluding carboxylic acids is 1. The maximum absolute atomic E-state index is 12.0. The Balaban J connectivity index is 1.72. The maximum Gasteiger partial charge on any atom is 0.227 e. The van der Waals surface area contributed by atoms with Gasteiger partial charge in [0.15, 0.2) is 5.11 Å². The number of rotatable bonds is 5. The van der Waals surface area contributed by atoms with Crippen molar-refractivity contribution >= 4 is 34.6 Å². The van der Waals surface area contributed by atoms with Crippen LogP contribution in [0.5, 0.6) is 0 Å². The highest BCUT2D eigenvalue weighted by molar-refractivity contribution is 7.80. The molecule has 2 aromatic carbocycles. The van der Waals surface area contributed by atoms with Crippen molar-refractivity contribution in [1.82, 2.24) is 5.32 Å². The molecule has 4 nitrogen and oxygen atoms in total. The first-order chi connectivity index (χ1) is 13.8. The minimum Gasteiger partial charge on any atom is -0.355 e. The first-order valence-corrected chi connectivity index (χ1v) is 10.7. The monoisotopic (exact) mass is 409 g/mol. The van der Waals surface area contributed by atoms with Crippen molar-refractivity contribution in [3.8, 4) is 0 Å². The molecule has 5 heteroatoms. The highest BCUT2D eigenvalue weighted by atomic mass is 32.1. The number of nitrogens with one attached hydrogen (secondary N) is 2. The van der Waals surface area contributed by atoms with E-state index in [-0.39, 0.29) is 11.9 Å². The molecular weight excluding hydrogens is 378 g/mol. The third-order valence-corrected chi connectivity index (χ3v) is 5.75. The smallest absolute Gasteiger partial charge is 0.227 e. The third-order valence-electron chi connectivity index (χ3n) is 5.53. The van der Waals surface area contributed by atoms with E-state index in [9.17, 15) is 4.79 Å². The first kappa shape index (κ1) is 21.3. The summed E-state index contributed by atoms with van der Waals surface area (Å²) in [7, 11) is 0. The molecule has 1 aliphatic heterocycles. The normalized spacial score (nSPS) is 15.0. The lowest BCUT2D eigenvalue weighted by molar-refractivity contribution is -0.117. The Kier molecular flexibility index (Phi) is 6.58. The van der Waals surface area contributed by atoms with Crippen LogP contribution in [0.3, 0.4) is 0 Å². The summed E-state index contributed by atoms with van der Waals surface area (Å²) in [6.07, 6.45) is 1.57. The standard InChI is InChI=1S/C24H31N3OS/c1-15(2)23(20-10-8-16(3)13-17(20)4)26-24(29)25-19-9-11-21(18(5)14-19)27-12-6-7-22(27)28/h8-11,13-15,23H,6-7,12H2,1-5H3,(H2,25,26,29)/t23-/m1/s1. The van der Waals surface area contributed by atoms with E-state index in [1.54, 1.807) is 0 Å². The van der Waals surface area contributed by atoms with Crippen molar-refractivity contribution in [2.75, 3.05) is 16.8 Å². The molecule has 2 aromatic rings. The third kappa shape index (κ3) is 4.96. The molecule has 1 amide bonds. The number of benzene rings is 2. The Morgan fingerprint density at radius 2 is 1.83 bits per heavy atom. The van der Waals surface area contributed by atoms with Crippen molar-refractivity contribution in [1.29, 1.82) is 0 Å². The molecule has 3 rings (SSSR count). The van der Waals surface area contributed by atoms with E-state index in [1.807, 2.05) is 24.0 Å². The molecule has 2 N–H and O–H groups in total. The van der Waals surface area contributed by atoms with E-state index < -0.39 is 0 Å². The fourth-order valence-electron chi connectivity index (χ4n) is 4.03. The fourth-order valence-corrected chi connectivity index (χ4v) is 4.27. The number of anilines is 2. The Hall–Kier alpha value is -2.40. The van der Waals surface area contributed by atoms with Crippen LogP contribution in [0.4, 0.5) is 11.4 Å². The SMILES string of the molecule is Cc1ccc([C@H](NC(=S)Nc2ccc(N3CCCC3=O)c(C)c2)C(C)C)c(C)c1. The van der Waals surface area contributed by atoms with Gasteiger partial charge in [0.05, 0.1) is 6.04 Å². The van der Waals surface area contributed by atoms with Gasteiger partial charge in [0.25, 0.3) is 0 Å². The summed E-state index contributed by atoms with van der Waals surface area (Å²) in [6, 6.07) is 12.7. The van der Waals surface area contributed by atoms with E-state index in [0.29, 0.717) is 17.5 Å². The molecule has 1 fully saturated rings. The molecule has 1 atom stereocenters. The Morgan fingerprint density at radius 1 is 1.07 bits per heavy atom. The lowest BCUT2D eigenvalue weighted by Gasteiger charge is -2.26. The summed E-state index contributed by atoms with van der Waals surface area (Å²) < 4.78 is 0. The summed E-state index contributed by atoms with van der Waals surface area (Å²) in [6.45, 7) is 11.5. The van der Waals surface area contributed by atoms with Crippen LogP contribution in [0.1, 0.15) is 55.0 Å². The van der Waals surface area contributed by atoms with Gasteiger partial charge in [-0.05, 0) is 80.2 Å². The molecule has 0 radical (unpaired) electrons. The number of hydrogen-bond donors (Lipinski definition) is 2. The van der Waals surface area contributed by atoms with Gasteiger partial charge in [0, 0.05) is 24.3 Å². The zero-order valence-electron chi connectivity index (χ0n) is 18.0. The van der Waals surface area contributed by atoms with Crippen molar-refractivity contribution < 1.29 is 4.79 Å². The molecule has 154 valence electrons. The largest absolute Gasteiger partial charge is 0.355 e. The zero-order chi connectivity index (χ0) is 21.1. The summed E-state index contributed by atoms with van der Waals surface area (Å²) in [5.74, 6) is 0.598. The van der Waals surface area contributed by atoms with Crippen LogP contribution in [0.25, 0.3) is 0 Å². The number of nitrogens with zero attached hydrogens (tertiary/aromatic N) is 1. The van der Waals surface area contributed by atoms with Crippen molar-refractivity contribution in [2.45, 2.75) is 53.5 Å². The number of carbonyl (C=O) groups is 1. The summed E-state index contributed by atoms with van der Waals surface area (Å²) >= 11 is 5.62. The average Bonchev–Trinajstić information content (AvgIpc) is 3.06. The lowest BCUT2D eigenvalue weighted by Crippen LogP contribution is -2.35. The molecule has 0 unspecified atom stereocenters. The molecular formula is C24H31N3OS. The van der Waals surface area contributed by atoms with Gasteiger partial charge < -0.3 is 15.5 Å². The first-order valence-electron chi connectivity index (χ1n) is 10.3. The summed E-state index contributed by atoms with van der Waals surface area (Å²) in [5.41, 5.74) is 6.80.